The van der Waals surface area contributed by atoms with Crippen LogP contribution in [-0.2, 0) is 9.84 Å². The summed E-state index contributed by atoms with van der Waals surface area (Å²) < 4.78 is 29.0. The van der Waals surface area contributed by atoms with E-state index in [0.29, 0.717) is 4.90 Å². The van der Waals surface area contributed by atoms with Crippen molar-refractivity contribution in [3.8, 4) is 5.75 Å². The molecule has 1 saturated heterocycles. The summed E-state index contributed by atoms with van der Waals surface area (Å²) in [6.07, 6.45) is 0. The Balaban J connectivity index is 1.63. The Morgan fingerprint density at radius 2 is 1.28 bits per heavy atom. The Morgan fingerprint density at radius 1 is 0.840 bits per heavy atom. The third-order valence-corrected chi connectivity index (χ3v) is 6.41. The van der Waals surface area contributed by atoms with E-state index in [1.54, 1.807) is 26.2 Å². The zero-order chi connectivity index (χ0) is 17.9. The Bertz CT molecular complexity index is 794. The Morgan fingerprint density at radius 3 is 1.68 bits per heavy atom. The van der Waals surface area contributed by atoms with Crippen LogP contribution >= 0.6 is 0 Å². The number of piperazine rings is 1. The number of hydrogen-bond acceptors (Lipinski definition) is 5. The lowest BCUT2D eigenvalue weighted by molar-refractivity contribution is 0.415. The predicted molar refractivity (Wildman–Crippen MR) is 102 cm³/mol. The fraction of sp³-hybridized carbons (Fsp3) is 0.368. The highest BCUT2D eigenvalue weighted by Crippen LogP contribution is 2.24. The monoisotopic (exact) mass is 360 g/mol. The van der Waals surface area contributed by atoms with Crippen molar-refractivity contribution in [1.82, 2.24) is 0 Å². The van der Waals surface area contributed by atoms with Crippen LogP contribution in [0.2, 0.25) is 0 Å². The number of ether oxygens (including phenoxy) is 1. The van der Waals surface area contributed by atoms with Gasteiger partial charge in [0.15, 0.2) is 9.84 Å². The summed E-state index contributed by atoms with van der Waals surface area (Å²) in [7, 11) is -1.46. The fourth-order valence-electron chi connectivity index (χ4n) is 3.05. The summed E-state index contributed by atoms with van der Waals surface area (Å²) in [5, 5.41) is 0. The van der Waals surface area contributed by atoms with Crippen molar-refractivity contribution < 1.29 is 13.2 Å². The number of rotatable bonds is 5. The molecule has 0 radical (unpaired) electrons. The first-order valence-corrected chi connectivity index (χ1v) is 10.2. The molecule has 1 fully saturated rings. The number of sulfone groups is 1. The van der Waals surface area contributed by atoms with Crippen molar-refractivity contribution in [1.29, 1.82) is 0 Å². The standard InChI is InChI=1S/C19H24N2O3S/c1-3-25(22,23)19-10-6-17(7-11-19)21-14-12-20(13-15-21)16-4-8-18(24-2)9-5-16/h4-11H,3,12-15H2,1-2H3. The van der Waals surface area contributed by atoms with Crippen LogP contribution in [0.4, 0.5) is 11.4 Å². The summed E-state index contributed by atoms with van der Waals surface area (Å²) in [6.45, 7) is 5.35. The number of methoxy groups -OCH3 is 1. The Hall–Kier alpha value is -2.21. The van der Waals surface area contributed by atoms with Crippen LogP contribution in [0.25, 0.3) is 0 Å². The molecular weight excluding hydrogens is 336 g/mol. The first-order valence-electron chi connectivity index (χ1n) is 8.50. The zero-order valence-corrected chi connectivity index (χ0v) is 15.5. The second-order valence-corrected chi connectivity index (χ2v) is 8.35. The van der Waals surface area contributed by atoms with Gasteiger partial charge in [-0.05, 0) is 48.5 Å². The quantitative estimate of drug-likeness (QED) is 0.821. The molecule has 1 aliphatic heterocycles. The molecule has 2 aromatic carbocycles. The zero-order valence-electron chi connectivity index (χ0n) is 14.7. The van der Waals surface area contributed by atoms with Crippen molar-refractivity contribution in [3.63, 3.8) is 0 Å². The summed E-state index contributed by atoms with van der Waals surface area (Å²) in [4.78, 5) is 5.05. The fourth-order valence-corrected chi connectivity index (χ4v) is 3.93. The van der Waals surface area contributed by atoms with Gasteiger partial charge < -0.3 is 14.5 Å². The van der Waals surface area contributed by atoms with Crippen molar-refractivity contribution in [2.75, 3.05) is 48.8 Å². The molecule has 0 amide bonds. The van der Waals surface area contributed by atoms with Gasteiger partial charge in [0.2, 0.25) is 0 Å². The van der Waals surface area contributed by atoms with E-state index in [0.717, 1.165) is 37.6 Å². The predicted octanol–water partition coefficient (Wildman–Crippen LogP) is 2.82. The number of anilines is 2. The van der Waals surface area contributed by atoms with E-state index in [1.807, 2.05) is 24.3 Å². The molecule has 0 N–H and O–H groups in total. The Kier molecular flexibility index (Phi) is 5.18. The molecule has 1 heterocycles. The molecule has 0 aromatic heterocycles. The lowest BCUT2D eigenvalue weighted by Crippen LogP contribution is -2.46. The molecule has 5 nitrogen and oxygen atoms in total. The topological polar surface area (TPSA) is 49.9 Å². The van der Waals surface area contributed by atoms with E-state index in [2.05, 4.69) is 21.9 Å². The second-order valence-electron chi connectivity index (χ2n) is 6.07. The van der Waals surface area contributed by atoms with E-state index in [9.17, 15) is 8.42 Å². The van der Waals surface area contributed by atoms with Gasteiger partial charge in [0, 0.05) is 37.6 Å². The van der Waals surface area contributed by atoms with Crippen molar-refractivity contribution in [3.05, 3.63) is 48.5 Å². The number of hydrogen-bond donors (Lipinski definition) is 0. The molecule has 2 aromatic rings. The van der Waals surface area contributed by atoms with Crippen molar-refractivity contribution in [2.24, 2.45) is 0 Å². The molecule has 0 spiro atoms. The van der Waals surface area contributed by atoms with Gasteiger partial charge in [-0.2, -0.15) is 0 Å². The summed E-state index contributed by atoms with van der Waals surface area (Å²) in [5.41, 5.74) is 2.27. The van der Waals surface area contributed by atoms with Crippen LogP contribution in [0.3, 0.4) is 0 Å². The summed E-state index contributed by atoms with van der Waals surface area (Å²) in [6, 6.07) is 15.4. The van der Waals surface area contributed by atoms with Crippen LogP contribution < -0.4 is 14.5 Å². The lowest BCUT2D eigenvalue weighted by atomic mass is 10.2. The molecule has 0 atom stereocenters. The highest BCUT2D eigenvalue weighted by molar-refractivity contribution is 7.91. The number of nitrogens with zero attached hydrogens (tertiary/aromatic N) is 2. The highest BCUT2D eigenvalue weighted by Gasteiger charge is 2.18. The molecule has 0 aliphatic carbocycles. The van der Waals surface area contributed by atoms with Gasteiger partial charge >= 0.3 is 0 Å². The maximum Gasteiger partial charge on any atom is 0.178 e. The van der Waals surface area contributed by atoms with Gasteiger partial charge in [0.1, 0.15) is 5.75 Å². The second kappa shape index (κ2) is 7.35. The van der Waals surface area contributed by atoms with Crippen LogP contribution in [-0.4, -0.2) is 47.5 Å². The number of benzene rings is 2. The smallest absolute Gasteiger partial charge is 0.178 e. The Labute approximate surface area is 149 Å². The molecule has 3 rings (SSSR count). The first-order chi connectivity index (χ1) is 12.0. The van der Waals surface area contributed by atoms with E-state index in [1.165, 1.54) is 5.69 Å². The van der Waals surface area contributed by atoms with Crippen LogP contribution in [0.15, 0.2) is 53.4 Å². The van der Waals surface area contributed by atoms with E-state index in [-0.39, 0.29) is 5.75 Å². The maximum atomic E-state index is 11.9. The average molecular weight is 360 g/mol. The van der Waals surface area contributed by atoms with Gasteiger partial charge in [0.05, 0.1) is 17.8 Å². The van der Waals surface area contributed by atoms with Gasteiger partial charge in [0.25, 0.3) is 0 Å². The minimum atomic E-state index is -3.13. The van der Waals surface area contributed by atoms with Gasteiger partial charge in [-0.25, -0.2) is 8.42 Å². The van der Waals surface area contributed by atoms with E-state index < -0.39 is 9.84 Å². The molecule has 25 heavy (non-hydrogen) atoms. The summed E-state index contributed by atoms with van der Waals surface area (Å²) >= 11 is 0. The minimum absolute atomic E-state index is 0.132. The van der Waals surface area contributed by atoms with Gasteiger partial charge in [-0.3, -0.25) is 0 Å². The molecule has 0 bridgehead atoms. The van der Waals surface area contributed by atoms with Crippen LogP contribution in [0.5, 0.6) is 5.75 Å². The van der Waals surface area contributed by atoms with Gasteiger partial charge in [-0.1, -0.05) is 6.92 Å². The maximum absolute atomic E-state index is 11.9. The first kappa shape index (κ1) is 17.6. The molecule has 6 heteroatoms. The third kappa shape index (κ3) is 3.90. The van der Waals surface area contributed by atoms with Crippen LogP contribution in [0.1, 0.15) is 6.92 Å². The third-order valence-electron chi connectivity index (χ3n) is 4.66. The van der Waals surface area contributed by atoms with Crippen LogP contribution in [0, 0.1) is 0 Å². The highest BCUT2D eigenvalue weighted by atomic mass is 32.2. The summed E-state index contributed by atoms with van der Waals surface area (Å²) in [5.74, 6) is 0.997. The molecule has 0 unspecified atom stereocenters. The molecule has 134 valence electrons. The van der Waals surface area contributed by atoms with Gasteiger partial charge in [-0.15, -0.1) is 0 Å². The minimum Gasteiger partial charge on any atom is -0.497 e. The van der Waals surface area contributed by atoms with E-state index >= 15 is 0 Å². The molecule has 0 saturated carbocycles. The van der Waals surface area contributed by atoms with Crippen molar-refractivity contribution >= 4 is 21.2 Å². The SMILES string of the molecule is CCS(=O)(=O)c1ccc(N2CCN(c3ccc(OC)cc3)CC2)cc1. The molecule has 1 aliphatic rings. The normalized spacial score (nSPS) is 15.3. The average Bonchev–Trinajstić information content (AvgIpc) is 2.68. The van der Waals surface area contributed by atoms with E-state index in [4.69, 9.17) is 4.74 Å². The van der Waals surface area contributed by atoms with Crippen molar-refractivity contribution in [2.45, 2.75) is 11.8 Å². The molecular formula is C19H24N2O3S. The largest absolute Gasteiger partial charge is 0.497 e. The lowest BCUT2D eigenvalue weighted by Gasteiger charge is -2.37.